The van der Waals surface area contributed by atoms with E-state index in [4.69, 9.17) is 9.63 Å². The Morgan fingerprint density at radius 2 is 2.12 bits per heavy atom. The minimum atomic E-state index is -1.10. The van der Waals surface area contributed by atoms with E-state index in [1.807, 2.05) is 0 Å². The van der Waals surface area contributed by atoms with Gasteiger partial charge in [-0.15, -0.1) is 11.3 Å². The van der Waals surface area contributed by atoms with Crippen LogP contribution < -0.4 is 5.32 Å². The van der Waals surface area contributed by atoms with Gasteiger partial charge in [0.1, 0.15) is 11.4 Å². The van der Waals surface area contributed by atoms with E-state index >= 15 is 0 Å². The van der Waals surface area contributed by atoms with Gasteiger partial charge in [-0.25, -0.2) is 9.78 Å². The van der Waals surface area contributed by atoms with Gasteiger partial charge in [-0.1, -0.05) is 5.16 Å². The van der Waals surface area contributed by atoms with Gasteiger partial charge >= 0.3 is 5.97 Å². The highest BCUT2D eigenvalue weighted by Crippen LogP contribution is 2.21. The normalized spacial score (nSPS) is 10.6. The molecule has 25 heavy (non-hydrogen) atoms. The van der Waals surface area contributed by atoms with Crippen LogP contribution in [0.1, 0.15) is 22.7 Å². The van der Waals surface area contributed by atoms with Gasteiger partial charge < -0.3 is 20.1 Å². The van der Waals surface area contributed by atoms with Gasteiger partial charge in [-0.2, -0.15) is 4.98 Å². The average molecular weight is 360 g/mol. The number of thiophene rings is 1. The predicted molar refractivity (Wildman–Crippen MR) is 87.4 cm³/mol. The summed E-state index contributed by atoms with van der Waals surface area (Å²) < 4.78 is 5.06. The molecule has 1 amide bonds. The maximum Gasteiger partial charge on any atom is 0.338 e. The topological polar surface area (TPSA) is 138 Å². The second-order valence-corrected chi connectivity index (χ2v) is 5.71. The fraction of sp³-hybridized carbons (Fsp3) is 0.133. The minimum Gasteiger partial charge on any atom is -0.506 e. The highest BCUT2D eigenvalue weighted by atomic mass is 32.1. The summed E-state index contributed by atoms with van der Waals surface area (Å²) in [5, 5.41) is 27.5. The van der Waals surface area contributed by atoms with Gasteiger partial charge in [0.15, 0.2) is 0 Å². The van der Waals surface area contributed by atoms with Crippen LogP contribution in [-0.4, -0.2) is 37.2 Å². The van der Waals surface area contributed by atoms with Crippen LogP contribution in [0.5, 0.6) is 5.75 Å². The van der Waals surface area contributed by atoms with E-state index in [1.165, 1.54) is 29.0 Å². The summed E-state index contributed by atoms with van der Waals surface area (Å²) in [5.74, 6) is -0.925. The van der Waals surface area contributed by atoms with Crippen molar-refractivity contribution in [3.05, 3.63) is 40.5 Å². The summed E-state index contributed by atoms with van der Waals surface area (Å²) in [5.41, 5.74) is 0.750. The molecule has 0 saturated heterocycles. The summed E-state index contributed by atoms with van der Waals surface area (Å²) in [4.78, 5) is 31.0. The molecule has 0 aliphatic rings. The molecule has 3 N–H and O–H groups in total. The molecule has 128 valence electrons. The maximum absolute atomic E-state index is 11.9. The molecule has 0 saturated carbocycles. The van der Waals surface area contributed by atoms with Crippen molar-refractivity contribution in [2.75, 3.05) is 5.32 Å². The van der Waals surface area contributed by atoms with Crippen molar-refractivity contribution < 1.29 is 24.3 Å². The first-order valence-corrected chi connectivity index (χ1v) is 8.04. The Labute approximate surface area is 145 Å². The lowest BCUT2D eigenvalue weighted by atomic mass is 10.2. The van der Waals surface area contributed by atoms with Crippen molar-refractivity contribution in [1.82, 2.24) is 15.1 Å². The molecule has 3 aromatic heterocycles. The first-order chi connectivity index (χ1) is 12.0. The van der Waals surface area contributed by atoms with Gasteiger partial charge in [0.2, 0.25) is 17.6 Å². The number of anilines is 1. The molecule has 3 rings (SSSR count). The molecule has 9 nitrogen and oxygen atoms in total. The number of carboxylic acid groups (broad SMARTS) is 1. The molecule has 0 aromatic carbocycles. The fourth-order valence-electron chi connectivity index (χ4n) is 1.97. The van der Waals surface area contributed by atoms with E-state index in [0.717, 1.165) is 0 Å². The van der Waals surface area contributed by atoms with Crippen LogP contribution in [0.4, 0.5) is 5.69 Å². The second kappa shape index (κ2) is 7.09. The third-order valence-electron chi connectivity index (χ3n) is 3.18. The Balaban J connectivity index is 1.58. The molecule has 0 radical (unpaired) electrons. The zero-order chi connectivity index (χ0) is 17.8. The van der Waals surface area contributed by atoms with Crippen LogP contribution in [-0.2, 0) is 11.2 Å². The Morgan fingerprint density at radius 1 is 1.28 bits per heavy atom. The number of pyridine rings is 1. The molecule has 0 aliphatic heterocycles. The summed E-state index contributed by atoms with van der Waals surface area (Å²) in [7, 11) is 0. The lowest BCUT2D eigenvalue weighted by molar-refractivity contribution is -0.116. The number of hydrogen-bond donors (Lipinski definition) is 3. The van der Waals surface area contributed by atoms with E-state index in [-0.39, 0.29) is 47.5 Å². The highest BCUT2D eigenvalue weighted by molar-refractivity contribution is 7.08. The Morgan fingerprint density at radius 3 is 2.84 bits per heavy atom. The number of aromatic carboxylic acids is 1. The van der Waals surface area contributed by atoms with Crippen molar-refractivity contribution >= 4 is 28.9 Å². The quantitative estimate of drug-likeness (QED) is 0.608. The third kappa shape index (κ3) is 3.98. The van der Waals surface area contributed by atoms with Crippen LogP contribution >= 0.6 is 11.3 Å². The van der Waals surface area contributed by atoms with Crippen LogP contribution in [0, 0.1) is 0 Å². The molecule has 10 heteroatoms. The Hall–Kier alpha value is -3.27. The Kier molecular flexibility index (Phi) is 4.70. The molecule has 0 aliphatic carbocycles. The molecule has 3 heterocycles. The first-order valence-electron chi connectivity index (χ1n) is 7.10. The molecule has 0 atom stereocenters. The predicted octanol–water partition coefficient (Wildman–Crippen LogP) is 2.17. The van der Waals surface area contributed by atoms with Crippen LogP contribution in [0.3, 0.4) is 0 Å². The number of aryl methyl sites for hydroxylation is 1. The monoisotopic (exact) mass is 360 g/mol. The number of nitrogens with zero attached hydrogens (tertiary/aromatic N) is 3. The van der Waals surface area contributed by atoms with Crippen molar-refractivity contribution in [3.8, 4) is 17.3 Å². The second-order valence-electron chi connectivity index (χ2n) is 4.97. The SMILES string of the molecule is O=C(CCc1nc(-c2ccc(O)cn2)no1)Nc1cscc1C(=O)O. The van der Waals surface area contributed by atoms with Gasteiger partial charge in [-0.05, 0) is 12.1 Å². The van der Waals surface area contributed by atoms with Gasteiger partial charge in [0, 0.05) is 23.6 Å². The summed E-state index contributed by atoms with van der Waals surface area (Å²) in [6.45, 7) is 0. The standard InChI is InChI=1S/C15H12N4O5S/c20-8-1-2-10(16-5-8)14-18-13(24-19-14)4-3-12(21)17-11-7-25-6-9(11)15(22)23/h1-2,5-7,20H,3-4H2,(H,17,21)(H,22,23). The van der Waals surface area contributed by atoms with Crippen LogP contribution in [0.25, 0.3) is 11.5 Å². The van der Waals surface area contributed by atoms with Crippen molar-refractivity contribution in [2.45, 2.75) is 12.8 Å². The minimum absolute atomic E-state index is 0.0262. The highest BCUT2D eigenvalue weighted by Gasteiger charge is 2.15. The number of aromatic hydroxyl groups is 1. The smallest absolute Gasteiger partial charge is 0.338 e. The number of nitrogens with one attached hydrogen (secondary N) is 1. The van der Waals surface area contributed by atoms with E-state index < -0.39 is 5.97 Å². The maximum atomic E-state index is 11.9. The van der Waals surface area contributed by atoms with Crippen LogP contribution in [0.15, 0.2) is 33.6 Å². The van der Waals surface area contributed by atoms with Crippen molar-refractivity contribution in [2.24, 2.45) is 0 Å². The zero-order valence-electron chi connectivity index (χ0n) is 12.7. The Bertz CT molecular complexity index is 903. The number of hydrogen-bond acceptors (Lipinski definition) is 8. The first kappa shape index (κ1) is 16.6. The molecule has 0 bridgehead atoms. The van der Waals surface area contributed by atoms with E-state index in [9.17, 15) is 14.7 Å². The number of rotatable bonds is 6. The van der Waals surface area contributed by atoms with Gasteiger partial charge in [0.25, 0.3) is 0 Å². The largest absolute Gasteiger partial charge is 0.506 e. The molecule has 0 spiro atoms. The van der Waals surface area contributed by atoms with E-state index in [1.54, 1.807) is 11.4 Å². The van der Waals surface area contributed by atoms with Gasteiger partial charge in [-0.3, -0.25) is 4.79 Å². The fourth-order valence-corrected chi connectivity index (χ4v) is 2.73. The number of carbonyl (C=O) groups excluding carboxylic acids is 1. The number of carbonyl (C=O) groups is 2. The molecule has 0 unspecified atom stereocenters. The zero-order valence-corrected chi connectivity index (χ0v) is 13.5. The number of carboxylic acids is 1. The number of amides is 1. The summed E-state index contributed by atoms with van der Waals surface area (Å²) >= 11 is 1.19. The van der Waals surface area contributed by atoms with Crippen LogP contribution in [0.2, 0.25) is 0 Å². The van der Waals surface area contributed by atoms with Gasteiger partial charge in [0.05, 0.1) is 17.4 Å². The molecular formula is C15H12N4O5S. The van der Waals surface area contributed by atoms with Crippen molar-refractivity contribution in [3.63, 3.8) is 0 Å². The lowest BCUT2D eigenvalue weighted by Gasteiger charge is -2.03. The third-order valence-corrected chi connectivity index (χ3v) is 3.92. The van der Waals surface area contributed by atoms with Crippen molar-refractivity contribution in [1.29, 1.82) is 0 Å². The lowest BCUT2D eigenvalue weighted by Crippen LogP contribution is -2.14. The number of aromatic nitrogens is 3. The molecule has 3 aromatic rings. The molecule has 0 fully saturated rings. The molecular weight excluding hydrogens is 348 g/mol. The summed E-state index contributed by atoms with van der Waals surface area (Å²) in [6, 6.07) is 2.99. The van der Waals surface area contributed by atoms with E-state index in [2.05, 4.69) is 20.4 Å². The average Bonchev–Trinajstić information content (AvgIpc) is 3.23. The summed E-state index contributed by atoms with van der Waals surface area (Å²) in [6.07, 6.45) is 1.52. The van der Waals surface area contributed by atoms with E-state index in [0.29, 0.717) is 5.69 Å².